The molecule has 1 fully saturated rings. The summed E-state index contributed by atoms with van der Waals surface area (Å²) in [6.07, 6.45) is 9.29. The van der Waals surface area contributed by atoms with Crippen LogP contribution in [0.4, 0.5) is 0 Å². The Morgan fingerprint density at radius 3 is 2.78 bits per heavy atom. The number of aryl methyl sites for hydroxylation is 2. The van der Waals surface area contributed by atoms with Crippen LogP contribution in [0, 0.1) is 0 Å². The molecule has 0 saturated heterocycles. The van der Waals surface area contributed by atoms with Crippen molar-refractivity contribution in [3.8, 4) is 0 Å². The Labute approximate surface area is 135 Å². The average Bonchev–Trinajstić information content (AvgIpc) is 2.96. The summed E-state index contributed by atoms with van der Waals surface area (Å²) < 4.78 is 31.8. The van der Waals surface area contributed by atoms with Crippen molar-refractivity contribution in [2.45, 2.75) is 49.1 Å². The van der Waals surface area contributed by atoms with E-state index in [0.717, 1.165) is 49.8 Å². The van der Waals surface area contributed by atoms with Gasteiger partial charge in [-0.3, -0.25) is 9.36 Å². The second-order valence-corrected chi connectivity index (χ2v) is 8.24. The molecule has 2 aliphatic carbocycles. The molecule has 0 unspecified atom stereocenters. The predicted molar refractivity (Wildman–Crippen MR) is 84.5 cm³/mol. The van der Waals surface area contributed by atoms with Crippen molar-refractivity contribution < 1.29 is 8.42 Å². The third-order valence-corrected chi connectivity index (χ3v) is 6.47. The second kappa shape index (κ2) is 5.17. The maximum atomic E-state index is 12.8. The first-order valence-corrected chi connectivity index (χ1v) is 9.55. The van der Waals surface area contributed by atoms with E-state index in [9.17, 15) is 8.42 Å². The maximum absolute atomic E-state index is 12.8. The highest BCUT2D eigenvalue weighted by Crippen LogP contribution is 2.42. The van der Waals surface area contributed by atoms with Gasteiger partial charge in [-0.25, -0.2) is 13.1 Å². The lowest BCUT2D eigenvalue weighted by atomic mass is 9.99. The van der Waals surface area contributed by atoms with Crippen molar-refractivity contribution >= 4 is 10.0 Å². The van der Waals surface area contributed by atoms with Crippen LogP contribution in [0.5, 0.6) is 0 Å². The van der Waals surface area contributed by atoms with Gasteiger partial charge in [-0.05, 0) is 44.6 Å². The van der Waals surface area contributed by atoms with E-state index in [2.05, 4.69) is 14.9 Å². The molecule has 2 aromatic heterocycles. The van der Waals surface area contributed by atoms with Crippen LogP contribution in [0.2, 0.25) is 0 Å². The first-order valence-electron chi connectivity index (χ1n) is 8.06. The highest BCUT2D eigenvalue weighted by atomic mass is 32.2. The summed E-state index contributed by atoms with van der Waals surface area (Å²) in [5.41, 5.74) is 1.64. The molecule has 8 heteroatoms. The molecule has 4 rings (SSSR count). The number of rotatable bonds is 5. The zero-order valence-electron chi connectivity index (χ0n) is 13.2. The van der Waals surface area contributed by atoms with E-state index in [1.165, 1.54) is 4.68 Å². The number of sulfonamides is 1. The zero-order valence-corrected chi connectivity index (χ0v) is 14.0. The number of aromatic nitrogens is 4. The van der Waals surface area contributed by atoms with Crippen molar-refractivity contribution in [3.63, 3.8) is 0 Å². The van der Waals surface area contributed by atoms with Crippen molar-refractivity contribution in [2.75, 3.05) is 6.54 Å². The third-order valence-electron chi connectivity index (χ3n) is 4.92. The topological polar surface area (TPSA) is 81.8 Å². The fraction of sp³-hybridized carbons (Fsp3) is 0.600. The molecule has 2 aromatic rings. The summed E-state index contributed by atoms with van der Waals surface area (Å²) in [6.45, 7) is 0.372. The summed E-state index contributed by atoms with van der Waals surface area (Å²) >= 11 is 0. The smallest absolute Gasteiger partial charge is 0.258 e. The van der Waals surface area contributed by atoms with Crippen LogP contribution >= 0.6 is 0 Å². The summed E-state index contributed by atoms with van der Waals surface area (Å²) in [5.74, 6) is 0. The minimum Gasteiger partial charge on any atom is -0.265 e. The summed E-state index contributed by atoms with van der Waals surface area (Å²) in [6, 6.07) is 1.87. The Kier molecular flexibility index (Phi) is 3.35. The van der Waals surface area contributed by atoms with E-state index < -0.39 is 10.0 Å². The standard InChI is InChI=1S/C15H21N5O2S/c1-19-14(12-5-2-3-6-13(12)18-19)23(21,22)17-11-15(7-8-15)20-10-4-9-16-20/h4,9-10,17H,2-3,5-8,11H2,1H3. The first-order chi connectivity index (χ1) is 11.0. The van der Waals surface area contributed by atoms with E-state index in [0.29, 0.717) is 11.6 Å². The maximum Gasteiger partial charge on any atom is 0.258 e. The summed E-state index contributed by atoms with van der Waals surface area (Å²) in [5, 5.41) is 9.01. The van der Waals surface area contributed by atoms with Gasteiger partial charge in [-0.1, -0.05) is 0 Å². The molecule has 0 aliphatic heterocycles. The van der Waals surface area contributed by atoms with Gasteiger partial charge in [-0.2, -0.15) is 10.2 Å². The quantitative estimate of drug-likeness (QED) is 0.882. The molecule has 2 heterocycles. The molecule has 0 atom stereocenters. The Hall–Kier alpha value is -1.67. The lowest BCUT2D eigenvalue weighted by Gasteiger charge is -2.18. The molecule has 7 nitrogen and oxygen atoms in total. The van der Waals surface area contributed by atoms with Gasteiger partial charge in [0.25, 0.3) is 10.0 Å². The zero-order chi connectivity index (χ0) is 16.1. The van der Waals surface area contributed by atoms with Crippen molar-refractivity contribution in [1.29, 1.82) is 0 Å². The van der Waals surface area contributed by atoms with E-state index >= 15 is 0 Å². The first kappa shape index (κ1) is 14.9. The highest BCUT2D eigenvalue weighted by Gasteiger charge is 2.46. The molecule has 2 aliphatic rings. The lowest BCUT2D eigenvalue weighted by Crippen LogP contribution is -2.37. The molecule has 124 valence electrons. The van der Waals surface area contributed by atoms with Gasteiger partial charge >= 0.3 is 0 Å². The molecule has 0 amide bonds. The molecular weight excluding hydrogens is 314 g/mol. The van der Waals surface area contributed by atoms with Gasteiger partial charge in [-0.15, -0.1) is 0 Å². The van der Waals surface area contributed by atoms with E-state index in [-0.39, 0.29) is 5.54 Å². The van der Waals surface area contributed by atoms with Gasteiger partial charge in [0.1, 0.15) is 0 Å². The molecule has 23 heavy (non-hydrogen) atoms. The van der Waals surface area contributed by atoms with E-state index in [4.69, 9.17) is 0 Å². The molecule has 0 spiro atoms. The second-order valence-electron chi connectivity index (χ2n) is 6.56. The predicted octanol–water partition coefficient (Wildman–Crippen LogP) is 0.963. The Balaban J connectivity index is 1.59. The average molecular weight is 335 g/mol. The molecule has 0 aromatic carbocycles. The van der Waals surface area contributed by atoms with E-state index in [1.807, 2.05) is 16.9 Å². The lowest BCUT2D eigenvalue weighted by molar-refractivity contribution is 0.423. The van der Waals surface area contributed by atoms with Crippen LogP contribution in [0.15, 0.2) is 23.5 Å². The molecule has 1 N–H and O–H groups in total. The number of hydrogen-bond acceptors (Lipinski definition) is 4. The molecule has 1 saturated carbocycles. The fourth-order valence-electron chi connectivity index (χ4n) is 3.47. The Morgan fingerprint density at radius 2 is 2.09 bits per heavy atom. The highest BCUT2D eigenvalue weighted by molar-refractivity contribution is 7.89. The van der Waals surface area contributed by atoms with Crippen LogP contribution in [0.25, 0.3) is 0 Å². The van der Waals surface area contributed by atoms with Gasteiger partial charge in [0.05, 0.1) is 11.2 Å². The van der Waals surface area contributed by atoms with Crippen LogP contribution in [-0.4, -0.2) is 34.5 Å². The molecule has 0 radical (unpaired) electrons. The number of nitrogens with one attached hydrogen (secondary N) is 1. The van der Waals surface area contributed by atoms with Crippen molar-refractivity contribution in [3.05, 3.63) is 29.7 Å². The van der Waals surface area contributed by atoms with Crippen molar-refractivity contribution in [1.82, 2.24) is 24.3 Å². The Bertz CT molecular complexity index is 818. The Morgan fingerprint density at radius 1 is 1.30 bits per heavy atom. The van der Waals surface area contributed by atoms with Crippen LogP contribution in [0.3, 0.4) is 0 Å². The molecular formula is C15H21N5O2S. The van der Waals surface area contributed by atoms with Crippen molar-refractivity contribution in [2.24, 2.45) is 7.05 Å². The SMILES string of the molecule is Cn1nc2c(c1S(=O)(=O)NCC1(n3cccn3)CC1)CCCC2. The largest absolute Gasteiger partial charge is 0.265 e. The number of nitrogens with zero attached hydrogens (tertiary/aromatic N) is 4. The van der Waals surface area contributed by atoms with Gasteiger partial charge in [0.15, 0.2) is 5.03 Å². The fourth-order valence-corrected chi connectivity index (χ4v) is 4.99. The monoisotopic (exact) mass is 335 g/mol. The van der Waals surface area contributed by atoms with E-state index in [1.54, 1.807) is 13.2 Å². The minimum absolute atomic E-state index is 0.199. The van der Waals surface area contributed by atoms with Crippen LogP contribution in [0.1, 0.15) is 36.9 Å². The minimum atomic E-state index is -3.56. The van der Waals surface area contributed by atoms with Gasteiger partial charge in [0.2, 0.25) is 0 Å². The normalized spacial score (nSPS) is 19.5. The molecule has 0 bridgehead atoms. The third kappa shape index (κ3) is 2.49. The number of fused-ring (bicyclic) bond motifs is 1. The summed E-state index contributed by atoms with van der Waals surface area (Å²) in [7, 11) is -1.85. The summed E-state index contributed by atoms with van der Waals surface area (Å²) in [4.78, 5) is 0. The van der Waals surface area contributed by atoms with Crippen LogP contribution < -0.4 is 4.72 Å². The van der Waals surface area contributed by atoms with Gasteiger partial charge < -0.3 is 0 Å². The van der Waals surface area contributed by atoms with Gasteiger partial charge in [0, 0.05) is 31.5 Å². The number of hydrogen-bond donors (Lipinski definition) is 1. The van der Waals surface area contributed by atoms with Crippen LogP contribution in [-0.2, 0) is 35.5 Å².